The van der Waals surface area contributed by atoms with Gasteiger partial charge in [0.25, 0.3) is 0 Å². The number of fused-ring (bicyclic) bond motifs is 1. The number of rotatable bonds is 4. The van der Waals surface area contributed by atoms with E-state index >= 15 is 0 Å². The Hall–Kier alpha value is -1.91. The fraction of sp³-hybridized carbons (Fsp3) is 0.118. The summed E-state index contributed by atoms with van der Waals surface area (Å²) >= 11 is 6.86. The molecule has 0 saturated carbocycles. The average Bonchev–Trinajstić information content (AvgIpc) is 3.01. The van der Waals surface area contributed by atoms with Crippen molar-refractivity contribution in [3.63, 3.8) is 0 Å². The molecule has 4 heteroatoms. The highest BCUT2D eigenvalue weighted by molar-refractivity contribution is 7.80. The van der Waals surface area contributed by atoms with Gasteiger partial charge in [-0.2, -0.15) is 11.3 Å². The minimum Gasteiger partial charge on any atom is -0.389 e. The molecule has 1 unspecified atom stereocenters. The summed E-state index contributed by atoms with van der Waals surface area (Å²) in [4.78, 5) is 0.434. The first kappa shape index (κ1) is 14.0. The summed E-state index contributed by atoms with van der Waals surface area (Å²) in [6.07, 6.45) is 0. The Morgan fingerprint density at radius 3 is 2.57 bits per heavy atom. The van der Waals surface area contributed by atoms with E-state index < -0.39 is 0 Å². The van der Waals surface area contributed by atoms with Gasteiger partial charge in [-0.3, -0.25) is 0 Å². The summed E-state index contributed by atoms with van der Waals surface area (Å²) in [5.74, 6) is 0. The van der Waals surface area contributed by atoms with E-state index in [1.807, 2.05) is 18.2 Å². The second-order valence-corrected chi connectivity index (χ2v) is 6.21. The van der Waals surface area contributed by atoms with Crippen molar-refractivity contribution >= 4 is 45.0 Å². The lowest BCUT2D eigenvalue weighted by Crippen LogP contribution is -2.11. The molecule has 0 fully saturated rings. The summed E-state index contributed by atoms with van der Waals surface area (Å²) in [7, 11) is 0. The van der Waals surface area contributed by atoms with Gasteiger partial charge in [0.05, 0.1) is 0 Å². The molecule has 1 aromatic heterocycles. The summed E-state index contributed by atoms with van der Waals surface area (Å²) in [6.45, 7) is 2.16. The highest BCUT2D eigenvalue weighted by atomic mass is 32.1. The summed E-state index contributed by atoms with van der Waals surface area (Å²) in [6, 6.07) is 14.7. The predicted octanol–water partition coefficient (Wildman–Crippen LogP) is 4.71. The van der Waals surface area contributed by atoms with Crippen molar-refractivity contribution in [2.75, 3.05) is 5.32 Å². The standard InChI is InChI=1S/C17H16N2S2/c1-11(12-8-9-21-10-12)19-16-7-6-15(17(18)20)13-4-2-3-5-14(13)16/h2-11,19H,1H3,(H2,18,20). The largest absolute Gasteiger partial charge is 0.389 e. The molecule has 0 saturated heterocycles. The second-order valence-electron chi connectivity index (χ2n) is 4.99. The van der Waals surface area contributed by atoms with Crippen LogP contribution in [0.5, 0.6) is 0 Å². The summed E-state index contributed by atoms with van der Waals surface area (Å²) in [5, 5.41) is 10.1. The Morgan fingerprint density at radius 1 is 1.14 bits per heavy atom. The molecule has 0 aliphatic heterocycles. The number of hydrogen-bond donors (Lipinski definition) is 2. The van der Waals surface area contributed by atoms with E-state index in [-0.39, 0.29) is 6.04 Å². The lowest BCUT2D eigenvalue weighted by Gasteiger charge is -2.17. The van der Waals surface area contributed by atoms with Gasteiger partial charge in [-0.1, -0.05) is 36.5 Å². The molecular weight excluding hydrogens is 296 g/mol. The van der Waals surface area contributed by atoms with Crippen molar-refractivity contribution in [1.29, 1.82) is 0 Å². The quantitative estimate of drug-likeness (QED) is 0.685. The summed E-state index contributed by atoms with van der Waals surface area (Å²) < 4.78 is 0. The van der Waals surface area contributed by atoms with Crippen LogP contribution in [0.1, 0.15) is 24.1 Å². The molecule has 0 aliphatic rings. The molecule has 0 radical (unpaired) electrons. The van der Waals surface area contributed by atoms with Crippen LogP contribution >= 0.6 is 23.6 Å². The Kier molecular flexibility index (Phi) is 3.90. The van der Waals surface area contributed by atoms with Crippen molar-refractivity contribution < 1.29 is 0 Å². The van der Waals surface area contributed by atoms with Gasteiger partial charge in [-0.05, 0) is 46.8 Å². The van der Waals surface area contributed by atoms with Crippen LogP contribution in [0, 0.1) is 0 Å². The van der Waals surface area contributed by atoms with Crippen LogP contribution in [-0.4, -0.2) is 4.99 Å². The predicted molar refractivity (Wildman–Crippen MR) is 96.2 cm³/mol. The van der Waals surface area contributed by atoms with Gasteiger partial charge in [0.2, 0.25) is 0 Å². The van der Waals surface area contributed by atoms with Crippen LogP contribution in [0.25, 0.3) is 10.8 Å². The van der Waals surface area contributed by atoms with Gasteiger partial charge in [0.1, 0.15) is 4.99 Å². The number of nitrogens with one attached hydrogen (secondary N) is 1. The zero-order valence-corrected chi connectivity index (χ0v) is 13.3. The summed E-state index contributed by atoms with van der Waals surface area (Å²) in [5.41, 5.74) is 9.14. The number of benzene rings is 2. The number of thiophene rings is 1. The first-order chi connectivity index (χ1) is 10.2. The molecule has 21 heavy (non-hydrogen) atoms. The Balaban J connectivity index is 2.04. The number of anilines is 1. The molecule has 106 valence electrons. The zero-order valence-electron chi connectivity index (χ0n) is 11.7. The third-order valence-corrected chi connectivity index (χ3v) is 4.53. The third kappa shape index (κ3) is 2.77. The van der Waals surface area contributed by atoms with Gasteiger partial charge in [-0.15, -0.1) is 0 Å². The monoisotopic (exact) mass is 312 g/mol. The molecule has 2 aromatic carbocycles. The van der Waals surface area contributed by atoms with E-state index in [2.05, 4.69) is 47.3 Å². The van der Waals surface area contributed by atoms with E-state index in [4.69, 9.17) is 18.0 Å². The number of thiocarbonyl (C=S) groups is 1. The molecule has 0 spiro atoms. The van der Waals surface area contributed by atoms with Crippen molar-refractivity contribution in [1.82, 2.24) is 0 Å². The van der Waals surface area contributed by atoms with Crippen LogP contribution in [0.15, 0.2) is 53.2 Å². The third-order valence-electron chi connectivity index (χ3n) is 3.60. The van der Waals surface area contributed by atoms with Gasteiger partial charge in [-0.25, -0.2) is 0 Å². The topological polar surface area (TPSA) is 38.0 Å². The lowest BCUT2D eigenvalue weighted by atomic mass is 10.0. The van der Waals surface area contributed by atoms with Crippen molar-refractivity contribution in [2.45, 2.75) is 13.0 Å². The van der Waals surface area contributed by atoms with E-state index in [1.165, 1.54) is 5.56 Å². The first-order valence-corrected chi connectivity index (χ1v) is 8.12. The molecule has 3 rings (SSSR count). The van der Waals surface area contributed by atoms with Crippen LogP contribution in [-0.2, 0) is 0 Å². The van der Waals surface area contributed by atoms with Gasteiger partial charge in [0.15, 0.2) is 0 Å². The Labute approximate surface area is 133 Å². The molecule has 3 N–H and O–H groups in total. The fourth-order valence-corrected chi connectivity index (χ4v) is 3.41. The average molecular weight is 312 g/mol. The lowest BCUT2D eigenvalue weighted by molar-refractivity contribution is 0.893. The van der Waals surface area contributed by atoms with E-state index in [0.717, 1.165) is 22.0 Å². The SMILES string of the molecule is CC(Nc1ccc(C(N)=S)c2ccccc12)c1ccsc1. The van der Waals surface area contributed by atoms with Crippen molar-refractivity contribution in [3.8, 4) is 0 Å². The van der Waals surface area contributed by atoms with Crippen molar-refractivity contribution in [3.05, 3.63) is 64.4 Å². The van der Waals surface area contributed by atoms with E-state index in [9.17, 15) is 0 Å². The normalized spacial score (nSPS) is 12.2. The highest BCUT2D eigenvalue weighted by Crippen LogP contribution is 2.30. The maximum absolute atomic E-state index is 5.82. The Bertz CT molecular complexity index is 779. The number of nitrogens with two attached hydrogens (primary N) is 1. The van der Waals surface area contributed by atoms with Gasteiger partial charge < -0.3 is 11.1 Å². The van der Waals surface area contributed by atoms with Crippen molar-refractivity contribution in [2.24, 2.45) is 5.73 Å². The minimum atomic E-state index is 0.260. The molecule has 2 nitrogen and oxygen atoms in total. The van der Waals surface area contributed by atoms with Crippen LogP contribution < -0.4 is 11.1 Å². The second kappa shape index (κ2) is 5.84. The van der Waals surface area contributed by atoms with Crippen LogP contribution in [0.2, 0.25) is 0 Å². The maximum Gasteiger partial charge on any atom is 0.104 e. The molecule has 0 aliphatic carbocycles. The zero-order chi connectivity index (χ0) is 14.8. The molecule has 1 heterocycles. The van der Waals surface area contributed by atoms with Gasteiger partial charge >= 0.3 is 0 Å². The first-order valence-electron chi connectivity index (χ1n) is 6.77. The molecule has 1 atom stereocenters. The minimum absolute atomic E-state index is 0.260. The van der Waals surface area contributed by atoms with Gasteiger partial charge in [0, 0.05) is 22.7 Å². The highest BCUT2D eigenvalue weighted by Gasteiger charge is 2.10. The maximum atomic E-state index is 5.82. The Morgan fingerprint density at radius 2 is 1.90 bits per heavy atom. The van der Waals surface area contributed by atoms with Crippen LogP contribution in [0.3, 0.4) is 0 Å². The van der Waals surface area contributed by atoms with Crippen LogP contribution in [0.4, 0.5) is 5.69 Å². The molecule has 0 bridgehead atoms. The molecular formula is C17H16N2S2. The van der Waals surface area contributed by atoms with E-state index in [1.54, 1.807) is 11.3 Å². The smallest absolute Gasteiger partial charge is 0.104 e. The molecule has 0 amide bonds. The molecule has 3 aromatic rings. The fourth-order valence-electron chi connectivity index (χ4n) is 2.48. The van der Waals surface area contributed by atoms with E-state index in [0.29, 0.717) is 4.99 Å². The number of hydrogen-bond acceptors (Lipinski definition) is 3.